The van der Waals surface area contributed by atoms with E-state index >= 15 is 0 Å². The first-order valence-corrected chi connectivity index (χ1v) is 13.0. The van der Waals surface area contributed by atoms with Gasteiger partial charge in [0.15, 0.2) is 0 Å². The third-order valence-electron chi connectivity index (χ3n) is 7.55. The summed E-state index contributed by atoms with van der Waals surface area (Å²) in [6, 6.07) is 27.1. The fourth-order valence-corrected chi connectivity index (χ4v) is 5.82. The van der Waals surface area contributed by atoms with Crippen LogP contribution in [0.3, 0.4) is 0 Å². The minimum Gasteiger partial charge on any atom is -0.487 e. The molecular weight excluding hydrogens is 480 g/mol. The van der Waals surface area contributed by atoms with Gasteiger partial charge in [-0.15, -0.1) is 0 Å². The molecule has 0 unspecified atom stereocenters. The first kappa shape index (κ1) is 24.3. The van der Waals surface area contributed by atoms with E-state index in [0.717, 1.165) is 46.4 Å². The molecule has 0 atom stereocenters. The summed E-state index contributed by atoms with van der Waals surface area (Å²) >= 11 is 0. The lowest BCUT2D eigenvalue weighted by Gasteiger charge is -2.48. The van der Waals surface area contributed by atoms with Crippen molar-refractivity contribution in [3.05, 3.63) is 114 Å². The summed E-state index contributed by atoms with van der Waals surface area (Å²) < 4.78 is 34.4. The van der Waals surface area contributed by atoms with E-state index in [0.29, 0.717) is 12.5 Å². The number of halogens is 2. The van der Waals surface area contributed by atoms with Crippen LogP contribution in [-0.4, -0.2) is 21.4 Å². The number of fused-ring (bicyclic) bond motifs is 1. The van der Waals surface area contributed by atoms with Crippen LogP contribution >= 0.6 is 0 Å². The quantitative estimate of drug-likeness (QED) is 0.217. The number of hydrogen-bond acceptors (Lipinski definition) is 3. The van der Waals surface area contributed by atoms with Crippen molar-refractivity contribution in [1.29, 1.82) is 0 Å². The molecule has 3 aromatic carbocycles. The van der Waals surface area contributed by atoms with Crippen molar-refractivity contribution in [2.45, 2.75) is 38.3 Å². The molecule has 38 heavy (non-hydrogen) atoms. The molecular formula is C32H29F2N3O. The van der Waals surface area contributed by atoms with Gasteiger partial charge in [-0.05, 0) is 78.4 Å². The summed E-state index contributed by atoms with van der Waals surface area (Å²) in [5.41, 5.74) is 5.68. The van der Waals surface area contributed by atoms with Gasteiger partial charge in [0.05, 0.1) is 23.4 Å². The topological polar surface area (TPSA) is 39.9 Å². The van der Waals surface area contributed by atoms with Crippen LogP contribution in [-0.2, 0) is 18.6 Å². The first-order chi connectivity index (χ1) is 18.5. The van der Waals surface area contributed by atoms with Crippen molar-refractivity contribution < 1.29 is 13.5 Å². The minimum atomic E-state index is -0.454. The molecule has 2 aromatic heterocycles. The molecule has 5 aromatic rings. The second-order valence-electron chi connectivity index (χ2n) is 10.3. The highest BCUT2D eigenvalue weighted by atomic mass is 19.1. The molecule has 1 fully saturated rings. The highest BCUT2D eigenvalue weighted by molar-refractivity contribution is 5.78. The van der Waals surface area contributed by atoms with E-state index in [1.807, 2.05) is 36.5 Å². The molecule has 0 N–H and O–H groups in total. The number of nitrogens with zero attached hydrogens (tertiary/aromatic N) is 3. The summed E-state index contributed by atoms with van der Waals surface area (Å²) in [4.78, 5) is 4.64. The molecule has 2 heterocycles. The Bertz CT molecular complexity index is 1570. The fourth-order valence-electron chi connectivity index (χ4n) is 5.82. The van der Waals surface area contributed by atoms with Gasteiger partial charge in [0.2, 0.25) is 0 Å². The Morgan fingerprint density at radius 2 is 1.82 bits per heavy atom. The Kier molecular flexibility index (Phi) is 6.40. The predicted octanol–water partition coefficient (Wildman–Crippen LogP) is 7.50. The van der Waals surface area contributed by atoms with Crippen LogP contribution in [0.2, 0.25) is 0 Å². The molecule has 4 nitrogen and oxygen atoms in total. The van der Waals surface area contributed by atoms with E-state index in [-0.39, 0.29) is 17.8 Å². The van der Waals surface area contributed by atoms with Crippen LogP contribution in [0.15, 0.2) is 91.1 Å². The molecule has 0 spiro atoms. The average molecular weight is 510 g/mol. The molecule has 0 bridgehead atoms. The molecule has 1 saturated carbocycles. The molecule has 6 heteroatoms. The third kappa shape index (κ3) is 4.55. The van der Waals surface area contributed by atoms with E-state index in [9.17, 15) is 8.78 Å². The maximum absolute atomic E-state index is 13.5. The Morgan fingerprint density at radius 1 is 0.974 bits per heavy atom. The molecule has 6 rings (SSSR count). The molecule has 192 valence electrons. The number of benzene rings is 3. The van der Waals surface area contributed by atoms with Crippen molar-refractivity contribution in [3.8, 4) is 17.0 Å². The van der Waals surface area contributed by atoms with Crippen molar-refractivity contribution in [2.24, 2.45) is 5.92 Å². The normalized spacial score (nSPS) is 18.9. The third-order valence-corrected chi connectivity index (χ3v) is 7.55. The molecule has 1 aliphatic rings. The minimum absolute atomic E-state index is 0.148. The van der Waals surface area contributed by atoms with E-state index in [2.05, 4.69) is 53.4 Å². The van der Waals surface area contributed by atoms with Gasteiger partial charge in [0.25, 0.3) is 0 Å². The maximum Gasteiger partial charge on any atom is 0.130 e. The van der Waals surface area contributed by atoms with E-state index in [1.54, 1.807) is 10.7 Å². The summed E-state index contributed by atoms with van der Waals surface area (Å²) in [6.07, 6.45) is 3.89. The molecule has 0 amide bonds. The molecule has 0 aliphatic heterocycles. The lowest BCUT2D eigenvalue weighted by molar-refractivity contribution is 0.200. The zero-order valence-corrected chi connectivity index (χ0v) is 21.3. The SMILES string of the molecule is CC1CC(c2ccccc2)(c2cc(OCc3ccc4cc(F)ccc4n3)ccc2-c2ccn(CCF)n2)C1. The second-order valence-corrected chi connectivity index (χ2v) is 10.3. The lowest BCUT2D eigenvalue weighted by Crippen LogP contribution is -2.41. The number of aryl methyl sites for hydroxylation is 1. The van der Waals surface area contributed by atoms with Gasteiger partial charge >= 0.3 is 0 Å². The monoisotopic (exact) mass is 509 g/mol. The average Bonchev–Trinajstić information content (AvgIpc) is 3.39. The van der Waals surface area contributed by atoms with Crippen molar-refractivity contribution in [2.75, 3.05) is 6.67 Å². The van der Waals surface area contributed by atoms with Gasteiger partial charge in [-0.25, -0.2) is 13.8 Å². The van der Waals surface area contributed by atoms with Gasteiger partial charge in [-0.2, -0.15) is 5.10 Å². The fraction of sp³-hybridized carbons (Fsp3) is 0.250. The highest BCUT2D eigenvalue weighted by Gasteiger charge is 2.46. The van der Waals surface area contributed by atoms with Crippen LogP contribution in [0.25, 0.3) is 22.2 Å². The van der Waals surface area contributed by atoms with Gasteiger partial charge < -0.3 is 4.74 Å². The number of alkyl halides is 1. The number of pyridine rings is 1. The molecule has 1 aliphatic carbocycles. The van der Waals surface area contributed by atoms with Crippen molar-refractivity contribution in [1.82, 2.24) is 14.8 Å². The van der Waals surface area contributed by atoms with Crippen LogP contribution in [0.4, 0.5) is 8.78 Å². The van der Waals surface area contributed by atoms with Gasteiger partial charge in [0.1, 0.15) is 24.8 Å². The van der Waals surface area contributed by atoms with Gasteiger partial charge in [0, 0.05) is 22.6 Å². The highest BCUT2D eigenvalue weighted by Crippen LogP contribution is 2.55. The first-order valence-electron chi connectivity index (χ1n) is 13.0. The largest absolute Gasteiger partial charge is 0.487 e. The summed E-state index contributed by atoms with van der Waals surface area (Å²) in [5, 5.41) is 5.43. The predicted molar refractivity (Wildman–Crippen MR) is 145 cm³/mol. The lowest BCUT2D eigenvalue weighted by atomic mass is 9.55. The number of ether oxygens (including phenoxy) is 1. The molecule has 0 saturated heterocycles. The van der Waals surface area contributed by atoms with Gasteiger partial charge in [-0.1, -0.05) is 43.3 Å². The van der Waals surface area contributed by atoms with Crippen molar-refractivity contribution >= 4 is 10.9 Å². The van der Waals surface area contributed by atoms with Gasteiger partial charge in [-0.3, -0.25) is 4.68 Å². The second kappa shape index (κ2) is 10.0. The zero-order chi connectivity index (χ0) is 26.1. The summed E-state index contributed by atoms with van der Waals surface area (Å²) in [6.45, 7) is 2.37. The maximum atomic E-state index is 13.5. The van der Waals surface area contributed by atoms with Crippen LogP contribution in [0, 0.1) is 11.7 Å². The van der Waals surface area contributed by atoms with Crippen LogP contribution in [0.5, 0.6) is 5.75 Å². The Balaban J connectivity index is 1.37. The Labute approximate surface area is 220 Å². The summed E-state index contributed by atoms with van der Waals surface area (Å²) in [7, 11) is 0. The number of aromatic nitrogens is 3. The van der Waals surface area contributed by atoms with Crippen molar-refractivity contribution in [3.63, 3.8) is 0 Å². The smallest absolute Gasteiger partial charge is 0.130 e. The standard InChI is InChI=1S/C32H29F2N3O/c1-22-19-32(20-22,24-5-3-2-4-6-24)29-18-27(10-11-28(29)31-13-15-37(36-31)16-14-33)38-21-26-9-7-23-17-25(34)8-12-30(23)35-26/h2-13,15,17-18,22H,14,16,19-21H2,1H3. The Hall–Kier alpha value is -4.06. The Morgan fingerprint density at radius 3 is 2.61 bits per heavy atom. The van der Waals surface area contributed by atoms with E-state index in [1.165, 1.54) is 23.3 Å². The van der Waals surface area contributed by atoms with Crippen LogP contribution in [0.1, 0.15) is 36.6 Å². The molecule has 0 radical (unpaired) electrons. The zero-order valence-electron chi connectivity index (χ0n) is 21.3. The number of rotatable bonds is 8. The van der Waals surface area contributed by atoms with E-state index < -0.39 is 6.67 Å². The van der Waals surface area contributed by atoms with E-state index in [4.69, 9.17) is 4.74 Å². The number of hydrogen-bond donors (Lipinski definition) is 0. The van der Waals surface area contributed by atoms with Crippen LogP contribution < -0.4 is 4.74 Å². The summed E-state index contributed by atoms with van der Waals surface area (Å²) in [5.74, 6) is 1.08.